The summed E-state index contributed by atoms with van der Waals surface area (Å²) < 4.78 is 11.1. The molecule has 1 aromatic carbocycles. The Bertz CT molecular complexity index is 670. The van der Waals surface area contributed by atoms with Gasteiger partial charge in [0.05, 0.1) is 13.7 Å². The Morgan fingerprint density at radius 2 is 2.08 bits per heavy atom. The van der Waals surface area contributed by atoms with Gasteiger partial charge in [-0.25, -0.2) is 4.98 Å². The number of carbonyl (C=O) groups is 1. The zero-order valence-corrected chi connectivity index (χ0v) is 15.2. The number of benzene rings is 1. The van der Waals surface area contributed by atoms with Crippen LogP contribution in [0.2, 0.25) is 0 Å². The third-order valence-electron chi connectivity index (χ3n) is 3.52. The van der Waals surface area contributed by atoms with Crippen LogP contribution in [-0.2, 0) is 0 Å². The van der Waals surface area contributed by atoms with E-state index in [4.69, 9.17) is 9.47 Å². The Morgan fingerprint density at radius 3 is 2.75 bits per heavy atom. The molecule has 0 unspecified atom stereocenters. The van der Waals surface area contributed by atoms with E-state index >= 15 is 0 Å². The predicted octanol–water partition coefficient (Wildman–Crippen LogP) is 4.67. The number of hydrogen-bond donors (Lipinski definition) is 1. The normalized spacial score (nSPS) is 10.5. The fraction of sp³-hybridized carbons (Fsp3) is 0.444. The first-order valence-electron chi connectivity index (χ1n) is 8.18. The summed E-state index contributed by atoms with van der Waals surface area (Å²) in [6.07, 6.45) is 6.33. The smallest absolute Gasteiger partial charge is 0.257 e. The van der Waals surface area contributed by atoms with Gasteiger partial charge in [0.25, 0.3) is 5.91 Å². The maximum absolute atomic E-state index is 12.3. The van der Waals surface area contributed by atoms with Crippen molar-refractivity contribution in [2.24, 2.45) is 0 Å². The van der Waals surface area contributed by atoms with E-state index in [1.807, 2.05) is 6.92 Å². The Balaban J connectivity index is 1.98. The van der Waals surface area contributed by atoms with E-state index in [0.29, 0.717) is 28.8 Å². The summed E-state index contributed by atoms with van der Waals surface area (Å²) in [6, 6.07) is 5.21. The topological polar surface area (TPSA) is 60.5 Å². The second-order valence-corrected chi connectivity index (χ2v) is 6.74. The highest BCUT2D eigenvalue weighted by Crippen LogP contribution is 2.29. The van der Waals surface area contributed by atoms with E-state index in [2.05, 4.69) is 17.2 Å². The van der Waals surface area contributed by atoms with E-state index in [-0.39, 0.29) is 5.91 Å². The van der Waals surface area contributed by atoms with Crippen molar-refractivity contribution in [2.45, 2.75) is 39.5 Å². The van der Waals surface area contributed by atoms with E-state index in [0.717, 1.165) is 17.7 Å². The van der Waals surface area contributed by atoms with E-state index in [1.54, 1.807) is 31.5 Å². The van der Waals surface area contributed by atoms with Crippen molar-refractivity contribution in [3.63, 3.8) is 0 Å². The highest BCUT2D eigenvalue weighted by Gasteiger charge is 2.12. The summed E-state index contributed by atoms with van der Waals surface area (Å²) in [6.45, 7) is 4.78. The minimum Gasteiger partial charge on any atom is -0.493 e. The Morgan fingerprint density at radius 1 is 1.25 bits per heavy atom. The van der Waals surface area contributed by atoms with Gasteiger partial charge in [0, 0.05) is 16.6 Å². The number of ether oxygens (including phenoxy) is 2. The van der Waals surface area contributed by atoms with Gasteiger partial charge in [0.1, 0.15) is 0 Å². The zero-order chi connectivity index (χ0) is 17.4. The van der Waals surface area contributed by atoms with Crippen LogP contribution in [0.5, 0.6) is 11.5 Å². The highest BCUT2D eigenvalue weighted by atomic mass is 32.1. The lowest BCUT2D eigenvalue weighted by atomic mass is 10.2. The standard InChI is InChI=1S/C18H24N2O3S/c1-4-5-6-7-10-23-15-9-8-14(11-16(15)22-3)17(21)20-18-19-12-13(2)24-18/h8-9,11-12H,4-7,10H2,1-3H3,(H,19,20,21). The number of unbranched alkanes of at least 4 members (excludes halogenated alkanes) is 3. The largest absolute Gasteiger partial charge is 0.493 e. The van der Waals surface area contributed by atoms with Crippen LogP contribution in [0.15, 0.2) is 24.4 Å². The quantitative estimate of drug-likeness (QED) is 0.669. The molecule has 0 radical (unpaired) electrons. The molecule has 0 atom stereocenters. The molecule has 0 bridgehead atoms. The van der Waals surface area contributed by atoms with Crippen LogP contribution in [0.3, 0.4) is 0 Å². The summed E-state index contributed by atoms with van der Waals surface area (Å²) in [5.41, 5.74) is 0.512. The predicted molar refractivity (Wildman–Crippen MR) is 97.4 cm³/mol. The zero-order valence-electron chi connectivity index (χ0n) is 14.4. The summed E-state index contributed by atoms with van der Waals surface area (Å²) in [7, 11) is 1.57. The van der Waals surface area contributed by atoms with Gasteiger partial charge in [-0.15, -0.1) is 11.3 Å². The van der Waals surface area contributed by atoms with Gasteiger partial charge < -0.3 is 9.47 Å². The molecule has 0 aliphatic rings. The number of thiazole rings is 1. The third kappa shape index (κ3) is 5.23. The number of methoxy groups -OCH3 is 1. The molecule has 1 N–H and O–H groups in total. The van der Waals surface area contributed by atoms with E-state index in [1.165, 1.54) is 24.2 Å². The first-order valence-corrected chi connectivity index (χ1v) is 9.00. The monoisotopic (exact) mass is 348 g/mol. The van der Waals surface area contributed by atoms with Crippen molar-refractivity contribution >= 4 is 22.4 Å². The molecule has 0 saturated heterocycles. The minimum atomic E-state index is -0.211. The number of aryl methyl sites for hydroxylation is 1. The minimum absolute atomic E-state index is 0.211. The van der Waals surface area contributed by atoms with Crippen LogP contribution in [0.1, 0.15) is 47.8 Å². The van der Waals surface area contributed by atoms with Gasteiger partial charge >= 0.3 is 0 Å². The number of nitrogens with zero attached hydrogens (tertiary/aromatic N) is 1. The summed E-state index contributed by atoms with van der Waals surface area (Å²) in [4.78, 5) is 17.5. The number of amides is 1. The fourth-order valence-electron chi connectivity index (χ4n) is 2.22. The first kappa shape index (κ1) is 18.3. The second kappa shape index (κ2) is 9.27. The fourth-order valence-corrected chi connectivity index (χ4v) is 2.88. The van der Waals surface area contributed by atoms with E-state index in [9.17, 15) is 4.79 Å². The second-order valence-electron chi connectivity index (χ2n) is 5.50. The molecule has 6 heteroatoms. The number of carbonyl (C=O) groups excluding carboxylic acids is 1. The van der Waals surface area contributed by atoms with Crippen LogP contribution < -0.4 is 14.8 Å². The van der Waals surface area contributed by atoms with Gasteiger partial charge in [0.2, 0.25) is 0 Å². The molecular formula is C18H24N2O3S. The van der Waals surface area contributed by atoms with Crippen molar-refractivity contribution in [3.8, 4) is 11.5 Å². The van der Waals surface area contributed by atoms with Gasteiger partial charge in [-0.05, 0) is 31.5 Å². The molecule has 1 heterocycles. The molecule has 5 nitrogen and oxygen atoms in total. The summed E-state index contributed by atoms with van der Waals surface area (Å²) in [5.74, 6) is 1.02. The van der Waals surface area contributed by atoms with Crippen molar-refractivity contribution in [2.75, 3.05) is 19.0 Å². The molecule has 0 spiro atoms. The van der Waals surface area contributed by atoms with E-state index < -0.39 is 0 Å². The SMILES string of the molecule is CCCCCCOc1ccc(C(=O)Nc2ncc(C)s2)cc1OC. The average molecular weight is 348 g/mol. The molecule has 24 heavy (non-hydrogen) atoms. The van der Waals surface area contributed by atoms with Gasteiger partial charge in [0.15, 0.2) is 16.6 Å². The van der Waals surface area contributed by atoms with Crippen molar-refractivity contribution in [1.82, 2.24) is 4.98 Å². The van der Waals surface area contributed by atoms with Crippen LogP contribution in [0.4, 0.5) is 5.13 Å². The molecule has 1 amide bonds. The van der Waals surface area contributed by atoms with Crippen molar-refractivity contribution < 1.29 is 14.3 Å². The number of aromatic nitrogens is 1. The third-order valence-corrected chi connectivity index (χ3v) is 4.35. The highest BCUT2D eigenvalue weighted by molar-refractivity contribution is 7.15. The molecule has 0 aliphatic heterocycles. The Hall–Kier alpha value is -2.08. The summed E-state index contributed by atoms with van der Waals surface area (Å²) in [5, 5.41) is 3.38. The van der Waals surface area contributed by atoms with Gasteiger partial charge in [-0.2, -0.15) is 0 Å². The number of hydrogen-bond acceptors (Lipinski definition) is 5. The van der Waals surface area contributed by atoms with Crippen molar-refractivity contribution in [3.05, 3.63) is 34.8 Å². The molecule has 0 fully saturated rings. The molecule has 0 aliphatic carbocycles. The van der Waals surface area contributed by atoms with Crippen LogP contribution in [0, 0.1) is 6.92 Å². The molecule has 2 rings (SSSR count). The summed E-state index contributed by atoms with van der Waals surface area (Å²) >= 11 is 1.44. The number of anilines is 1. The first-order chi connectivity index (χ1) is 11.6. The number of rotatable bonds is 9. The molecule has 0 saturated carbocycles. The maximum atomic E-state index is 12.3. The van der Waals surface area contributed by atoms with Gasteiger partial charge in [-0.3, -0.25) is 10.1 Å². The maximum Gasteiger partial charge on any atom is 0.257 e. The average Bonchev–Trinajstić information content (AvgIpc) is 2.99. The van der Waals surface area contributed by atoms with Crippen LogP contribution >= 0.6 is 11.3 Å². The number of nitrogens with one attached hydrogen (secondary N) is 1. The van der Waals surface area contributed by atoms with Gasteiger partial charge in [-0.1, -0.05) is 26.2 Å². The Kier molecular flexibility index (Phi) is 7.06. The molecule has 130 valence electrons. The molecular weight excluding hydrogens is 324 g/mol. The lowest BCUT2D eigenvalue weighted by Crippen LogP contribution is -2.12. The van der Waals surface area contributed by atoms with Crippen LogP contribution in [0.25, 0.3) is 0 Å². The van der Waals surface area contributed by atoms with Crippen LogP contribution in [-0.4, -0.2) is 24.6 Å². The lowest BCUT2D eigenvalue weighted by Gasteiger charge is -2.12. The molecule has 1 aromatic heterocycles. The lowest BCUT2D eigenvalue weighted by molar-refractivity contribution is 0.102. The van der Waals surface area contributed by atoms with Crippen molar-refractivity contribution in [1.29, 1.82) is 0 Å². The molecule has 2 aromatic rings. The Labute approximate surface area is 147 Å².